The molecule has 0 saturated heterocycles. The quantitative estimate of drug-likeness (QED) is 0.751. The van der Waals surface area contributed by atoms with Crippen molar-refractivity contribution in [3.63, 3.8) is 0 Å². The molecule has 6 nitrogen and oxygen atoms in total. The van der Waals surface area contributed by atoms with Crippen LogP contribution in [0.3, 0.4) is 0 Å². The molecule has 2 aromatic rings. The summed E-state index contributed by atoms with van der Waals surface area (Å²) in [4.78, 5) is 23.3. The number of nitrogens with zero attached hydrogens (tertiary/aromatic N) is 1. The van der Waals surface area contributed by atoms with E-state index in [0.29, 0.717) is 10.6 Å². The number of nitrogens with one attached hydrogen (secondary N) is 2. The van der Waals surface area contributed by atoms with Crippen LogP contribution in [-0.2, 0) is 4.79 Å². The van der Waals surface area contributed by atoms with Crippen LogP contribution < -0.4 is 11.1 Å². The monoisotopic (exact) mass is 342 g/mol. The van der Waals surface area contributed by atoms with Crippen LogP contribution in [-0.4, -0.2) is 22.0 Å². The summed E-state index contributed by atoms with van der Waals surface area (Å²) in [6.45, 7) is 0. The smallest absolute Gasteiger partial charge is 0.279 e. The lowest BCUT2D eigenvalue weighted by Crippen LogP contribution is -2.32. The molecule has 1 atom stereocenters. The van der Waals surface area contributed by atoms with Crippen LogP contribution >= 0.6 is 11.6 Å². The van der Waals surface area contributed by atoms with Gasteiger partial charge in [0.1, 0.15) is 11.4 Å². The van der Waals surface area contributed by atoms with Crippen molar-refractivity contribution < 1.29 is 18.4 Å². The van der Waals surface area contributed by atoms with E-state index in [9.17, 15) is 18.4 Å². The van der Waals surface area contributed by atoms with Gasteiger partial charge in [-0.25, -0.2) is 8.78 Å². The van der Waals surface area contributed by atoms with Gasteiger partial charge in [-0.2, -0.15) is 5.10 Å². The predicted octanol–water partition coefficient (Wildman–Crippen LogP) is 2.35. The van der Waals surface area contributed by atoms with Crippen molar-refractivity contribution >= 4 is 23.4 Å². The number of aromatic amines is 1. The molecule has 0 aliphatic heterocycles. The van der Waals surface area contributed by atoms with Gasteiger partial charge in [0.25, 0.3) is 12.3 Å². The van der Waals surface area contributed by atoms with Gasteiger partial charge < -0.3 is 11.1 Å². The Morgan fingerprint density at radius 2 is 1.96 bits per heavy atom. The minimum atomic E-state index is -2.76. The molecular formula is C14H13ClF2N4O2. The highest BCUT2D eigenvalue weighted by Gasteiger charge is 2.21. The number of aromatic nitrogens is 2. The van der Waals surface area contributed by atoms with E-state index in [1.54, 1.807) is 24.3 Å². The van der Waals surface area contributed by atoms with Crippen LogP contribution in [0.15, 0.2) is 30.3 Å². The summed E-state index contributed by atoms with van der Waals surface area (Å²) in [6, 6.07) is 6.69. The molecule has 0 saturated carbocycles. The number of primary amides is 1. The van der Waals surface area contributed by atoms with Crippen LogP contribution in [0.4, 0.5) is 8.78 Å². The molecule has 1 aromatic carbocycles. The third kappa shape index (κ3) is 4.49. The zero-order valence-electron chi connectivity index (χ0n) is 11.7. The molecule has 0 aliphatic carbocycles. The Balaban J connectivity index is 2.17. The lowest BCUT2D eigenvalue weighted by Gasteiger charge is -2.17. The lowest BCUT2D eigenvalue weighted by molar-refractivity contribution is -0.118. The number of nitrogens with two attached hydrogens (primary N) is 1. The molecule has 2 rings (SSSR count). The van der Waals surface area contributed by atoms with E-state index in [-0.39, 0.29) is 12.1 Å². The first-order valence-electron chi connectivity index (χ1n) is 6.55. The van der Waals surface area contributed by atoms with Crippen LogP contribution in [0.25, 0.3) is 0 Å². The number of carbonyl (C=O) groups is 2. The first-order valence-corrected chi connectivity index (χ1v) is 6.92. The fourth-order valence-electron chi connectivity index (χ4n) is 1.95. The summed E-state index contributed by atoms with van der Waals surface area (Å²) < 4.78 is 25.0. The van der Waals surface area contributed by atoms with E-state index in [1.807, 2.05) is 0 Å². The summed E-state index contributed by atoms with van der Waals surface area (Å²) in [5, 5.41) is 8.64. The first kappa shape index (κ1) is 16.9. The Labute approximate surface area is 135 Å². The number of H-pyrrole nitrogens is 1. The van der Waals surface area contributed by atoms with Crippen LogP contribution in [0.2, 0.25) is 5.02 Å². The van der Waals surface area contributed by atoms with Gasteiger partial charge in [-0.3, -0.25) is 14.7 Å². The summed E-state index contributed by atoms with van der Waals surface area (Å²) in [5.41, 5.74) is 5.11. The van der Waals surface area contributed by atoms with Crippen molar-refractivity contribution in [3.8, 4) is 0 Å². The molecule has 1 heterocycles. The first-order chi connectivity index (χ1) is 10.9. The Hall–Kier alpha value is -2.48. The van der Waals surface area contributed by atoms with Gasteiger partial charge >= 0.3 is 0 Å². The molecule has 0 aliphatic rings. The minimum absolute atomic E-state index is 0.153. The second kappa shape index (κ2) is 7.19. The number of carbonyl (C=O) groups excluding carboxylic acids is 2. The molecule has 23 heavy (non-hydrogen) atoms. The van der Waals surface area contributed by atoms with E-state index in [1.165, 1.54) is 0 Å². The molecule has 0 bridgehead atoms. The molecule has 122 valence electrons. The van der Waals surface area contributed by atoms with Gasteiger partial charge in [-0.05, 0) is 23.8 Å². The second-order valence-electron chi connectivity index (χ2n) is 4.76. The SMILES string of the molecule is NC(=O)C[C@@H](NC(=O)c1cc(C(F)F)[nH]n1)c1ccc(Cl)cc1. The Morgan fingerprint density at radius 3 is 2.48 bits per heavy atom. The number of rotatable bonds is 6. The van der Waals surface area contributed by atoms with Crippen LogP contribution in [0.1, 0.15) is 40.6 Å². The molecule has 9 heteroatoms. The van der Waals surface area contributed by atoms with E-state index in [2.05, 4.69) is 15.5 Å². The summed E-state index contributed by atoms with van der Waals surface area (Å²) >= 11 is 5.79. The summed E-state index contributed by atoms with van der Waals surface area (Å²) in [6.07, 6.45) is -2.92. The number of hydrogen-bond donors (Lipinski definition) is 3. The minimum Gasteiger partial charge on any atom is -0.370 e. The van der Waals surface area contributed by atoms with Gasteiger partial charge in [0.15, 0.2) is 0 Å². The highest BCUT2D eigenvalue weighted by molar-refractivity contribution is 6.30. The van der Waals surface area contributed by atoms with Gasteiger partial charge in [0, 0.05) is 5.02 Å². The maximum atomic E-state index is 12.5. The van der Waals surface area contributed by atoms with E-state index < -0.39 is 30.0 Å². The zero-order valence-corrected chi connectivity index (χ0v) is 12.5. The Kier molecular flexibility index (Phi) is 5.28. The molecule has 0 unspecified atom stereocenters. The van der Waals surface area contributed by atoms with Crippen molar-refractivity contribution in [2.75, 3.05) is 0 Å². The Morgan fingerprint density at radius 1 is 1.30 bits per heavy atom. The number of amides is 2. The summed E-state index contributed by atoms with van der Waals surface area (Å²) in [5.74, 6) is -1.32. The fraction of sp³-hybridized carbons (Fsp3) is 0.214. The topological polar surface area (TPSA) is 101 Å². The predicted molar refractivity (Wildman–Crippen MR) is 79.0 cm³/mol. The molecule has 4 N–H and O–H groups in total. The fourth-order valence-corrected chi connectivity index (χ4v) is 2.07. The third-order valence-electron chi connectivity index (χ3n) is 3.05. The van der Waals surface area contributed by atoms with Crippen molar-refractivity contribution in [2.24, 2.45) is 5.73 Å². The maximum Gasteiger partial charge on any atom is 0.279 e. The van der Waals surface area contributed by atoms with Gasteiger partial charge in [0.2, 0.25) is 5.91 Å². The molecule has 0 spiro atoms. The third-order valence-corrected chi connectivity index (χ3v) is 3.30. The van der Waals surface area contributed by atoms with Gasteiger partial charge in [-0.15, -0.1) is 0 Å². The highest BCUT2D eigenvalue weighted by atomic mass is 35.5. The van der Waals surface area contributed by atoms with Gasteiger partial charge in [0.05, 0.1) is 12.5 Å². The van der Waals surface area contributed by atoms with Gasteiger partial charge in [-0.1, -0.05) is 23.7 Å². The normalized spacial score (nSPS) is 12.2. The van der Waals surface area contributed by atoms with E-state index in [4.69, 9.17) is 17.3 Å². The molecular weight excluding hydrogens is 330 g/mol. The largest absolute Gasteiger partial charge is 0.370 e. The number of alkyl halides is 2. The number of benzene rings is 1. The molecule has 0 radical (unpaired) electrons. The molecule has 2 amide bonds. The summed E-state index contributed by atoms with van der Waals surface area (Å²) in [7, 11) is 0. The number of hydrogen-bond acceptors (Lipinski definition) is 3. The van der Waals surface area contributed by atoms with E-state index >= 15 is 0 Å². The van der Waals surface area contributed by atoms with Crippen LogP contribution in [0, 0.1) is 0 Å². The molecule has 0 fully saturated rings. The lowest BCUT2D eigenvalue weighted by atomic mass is 10.0. The standard InChI is InChI=1S/C14H13ClF2N4O2/c15-8-3-1-7(2-4-8)9(6-12(18)22)19-14(23)11-5-10(13(16)17)20-21-11/h1-5,9,13H,6H2,(H2,18,22)(H,19,23)(H,20,21)/t9-/m1/s1. The zero-order chi connectivity index (χ0) is 17.0. The van der Waals surface area contributed by atoms with Crippen molar-refractivity contribution in [1.29, 1.82) is 0 Å². The average molecular weight is 343 g/mol. The number of halogens is 3. The second-order valence-corrected chi connectivity index (χ2v) is 5.19. The van der Waals surface area contributed by atoms with E-state index in [0.717, 1.165) is 6.07 Å². The maximum absolute atomic E-state index is 12.5. The van der Waals surface area contributed by atoms with Crippen molar-refractivity contribution in [1.82, 2.24) is 15.5 Å². The molecule has 1 aromatic heterocycles. The van der Waals surface area contributed by atoms with Crippen molar-refractivity contribution in [3.05, 3.63) is 52.3 Å². The Bertz CT molecular complexity index is 703. The average Bonchev–Trinajstić information content (AvgIpc) is 2.97. The van der Waals surface area contributed by atoms with Crippen LogP contribution in [0.5, 0.6) is 0 Å². The van der Waals surface area contributed by atoms with Crippen molar-refractivity contribution in [2.45, 2.75) is 18.9 Å². The highest BCUT2D eigenvalue weighted by Crippen LogP contribution is 2.21.